The zero-order valence-corrected chi connectivity index (χ0v) is 60.8. The van der Waals surface area contributed by atoms with Crippen molar-refractivity contribution in [1.82, 2.24) is 9.13 Å². The van der Waals surface area contributed by atoms with Crippen LogP contribution in [0.15, 0.2) is 133 Å². The molecule has 0 saturated carbocycles. The second-order valence-electron chi connectivity index (χ2n) is 35.0. The highest BCUT2D eigenvalue weighted by Crippen LogP contribution is 2.49. The lowest BCUT2D eigenvalue weighted by atomic mass is 9.71. The zero-order chi connectivity index (χ0) is 68.1. The number of nitrogens with zero attached hydrogens (tertiary/aromatic N) is 4. The van der Waals surface area contributed by atoms with Gasteiger partial charge in [-0.1, -0.05) is 189 Å². The van der Waals surface area contributed by atoms with Gasteiger partial charge in [-0.3, -0.25) is 0 Å². The van der Waals surface area contributed by atoms with Gasteiger partial charge in [0.05, 0.1) is 64.2 Å². The third kappa shape index (κ3) is 14.1. The Morgan fingerprint density at radius 3 is 1.17 bits per heavy atom. The Balaban J connectivity index is 1.12. The highest BCUT2D eigenvalue weighted by atomic mass is 16.5. The normalized spacial score (nSPS) is 13.1. The van der Waals surface area contributed by atoms with E-state index in [1.807, 2.05) is 24.3 Å². The molecule has 0 radical (unpaired) electrons. The van der Waals surface area contributed by atoms with Crippen molar-refractivity contribution in [2.75, 3.05) is 13.2 Å². The van der Waals surface area contributed by atoms with Crippen molar-refractivity contribution >= 4 is 43.6 Å². The van der Waals surface area contributed by atoms with Crippen LogP contribution >= 0.6 is 0 Å². The van der Waals surface area contributed by atoms with E-state index in [-0.39, 0.29) is 43.3 Å². The van der Waals surface area contributed by atoms with Crippen LogP contribution in [-0.4, -0.2) is 22.3 Å². The number of ether oxygens (including phenoxy) is 2. The third-order valence-corrected chi connectivity index (χ3v) is 19.0. The standard InChI is InChI=1S/C87H104N4O2/c1-54-36-56(50-88)39-58(37-54)68-48-65(87(23,24)53-81(6,7)8)49-77(91-75-32-28-62(84(15,16)17)46-71(75)72-47-63(85(18,19)20)29-33-76(72)91)79(68)93-35-25-34-92-78-55(2)38-57(51-89)40-67(78)59-41-64(86(21,22)52-80(3,4)5)43-66(42-59)90-73-30-26-60(82(9,10)11)44-69(73)70-45-61(83(12,13)14)27-31-74(70)90/h26-33,36-49H,25,34-35,52-53H2,1-24H3. The molecule has 0 saturated heterocycles. The summed E-state index contributed by atoms with van der Waals surface area (Å²) in [5.74, 6) is 1.51. The molecule has 10 rings (SSSR count). The van der Waals surface area contributed by atoms with Gasteiger partial charge >= 0.3 is 0 Å². The molecule has 0 fully saturated rings. The predicted octanol–water partition coefficient (Wildman–Crippen LogP) is 24.0. The second-order valence-corrected chi connectivity index (χ2v) is 35.0. The van der Waals surface area contributed by atoms with Gasteiger partial charge < -0.3 is 18.6 Å². The van der Waals surface area contributed by atoms with E-state index in [9.17, 15) is 10.5 Å². The van der Waals surface area contributed by atoms with Crippen LogP contribution in [0, 0.1) is 47.3 Å². The highest BCUT2D eigenvalue weighted by molar-refractivity contribution is 6.11. The maximum absolute atomic E-state index is 10.7. The first-order valence-corrected chi connectivity index (χ1v) is 33.9. The van der Waals surface area contributed by atoms with E-state index >= 15 is 0 Å². The molecule has 0 aliphatic carbocycles. The van der Waals surface area contributed by atoms with Crippen LogP contribution in [0.25, 0.3) is 77.2 Å². The largest absolute Gasteiger partial charge is 0.493 e. The van der Waals surface area contributed by atoms with Crippen LogP contribution in [-0.2, 0) is 32.5 Å². The Labute approximate surface area is 558 Å². The fraction of sp³-hybridized carbons (Fsp3) is 0.425. The Morgan fingerprint density at radius 1 is 0.366 bits per heavy atom. The summed E-state index contributed by atoms with van der Waals surface area (Å²) in [5, 5.41) is 26.1. The van der Waals surface area contributed by atoms with E-state index in [0.717, 1.165) is 91.2 Å². The van der Waals surface area contributed by atoms with Gasteiger partial charge in [-0.05, 0) is 223 Å². The lowest BCUT2D eigenvalue weighted by Crippen LogP contribution is -2.25. The van der Waals surface area contributed by atoms with Gasteiger partial charge in [-0.2, -0.15) is 10.5 Å². The van der Waals surface area contributed by atoms with Crippen LogP contribution in [0.5, 0.6) is 11.5 Å². The number of nitriles is 2. The number of fused-ring (bicyclic) bond motifs is 6. The quantitative estimate of drug-likeness (QED) is 0.102. The topological polar surface area (TPSA) is 75.9 Å². The molecule has 0 bridgehead atoms. The number of benzene rings is 8. The molecule has 6 heteroatoms. The molecular weight excluding hydrogens is 1130 g/mol. The molecule has 484 valence electrons. The number of aryl methyl sites for hydroxylation is 2. The average molecular weight is 1240 g/mol. The number of aromatic nitrogens is 2. The van der Waals surface area contributed by atoms with Gasteiger partial charge in [-0.15, -0.1) is 0 Å². The zero-order valence-electron chi connectivity index (χ0n) is 60.8. The van der Waals surface area contributed by atoms with Crippen molar-refractivity contribution in [3.8, 4) is 57.3 Å². The Morgan fingerprint density at radius 2 is 0.753 bits per heavy atom. The lowest BCUT2D eigenvalue weighted by Gasteiger charge is -2.34. The van der Waals surface area contributed by atoms with Gasteiger partial charge in [0.25, 0.3) is 0 Å². The van der Waals surface area contributed by atoms with E-state index in [1.165, 1.54) is 54.9 Å². The third-order valence-electron chi connectivity index (χ3n) is 19.0. The molecule has 6 nitrogen and oxygen atoms in total. The maximum atomic E-state index is 10.7. The molecule has 2 aromatic heterocycles. The van der Waals surface area contributed by atoms with Crippen LogP contribution in [0.1, 0.15) is 227 Å². The van der Waals surface area contributed by atoms with Crippen LogP contribution < -0.4 is 9.47 Å². The smallest absolute Gasteiger partial charge is 0.151 e. The van der Waals surface area contributed by atoms with Crippen LogP contribution in [0.4, 0.5) is 0 Å². The summed E-state index contributed by atoms with van der Waals surface area (Å²) in [6, 6.07) is 55.1. The molecular formula is C87H104N4O2. The predicted molar refractivity (Wildman–Crippen MR) is 396 cm³/mol. The number of rotatable bonds is 14. The Kier molecular flexibility index (Phi) is 17.5. The minimum Gasteiger partial charge on any atom is -0.493 e. The molecule has 0 amide bonds. The fourth-order valence-electron chi connectivity index (χ4n) is 14.8. The van der Waals surface area contributed by atoms with Crippen molar-refractivity contribution in [2.24, 2.45) is 10.8 Å². The first-order chi connectivity index (χ1) is 43.0. The lowest BCUT2D eigenvalue weighted by molar-refractivity contribution is 0.247. The summed E-state index contributed by atoms with van der Waals surface area (Å²) in [6.07, 6.45) is 2.46. The maximum Gasteiger partial charge on any atom is 0.151 e. The van der Waals surface area contributed by atoms with Gasteiger partial charge in [0.1, 0.15) is 5.75 Å². The van der Waals surface area contributed by atoms with E-state index in [2.05, 4.69) is 297 Å². The van der Waals surface area contributed by atoms with Gasteiger partial charge in [0.2, 0.25) is 0 Å². The van der Waals surface area contributed by atoms with E-state index in [1.54, 1.807) is 0 Å². The second kappa shape index (κ2) is 24.1. The molecule has 0 aliphatic heterocycles. The first-order valence-electron chi connectivity index (χ1n) is 33.9. The molecule has 0 spiro atoms. The summed E-state index contributed by atoms with van der Waals surface area (Å²) < 4.78 is 19.5. The minimum absolute atomic E-state index is 0.0346. The average Bonchev–Trinajstić information content (AvgIpc) is 1.59. The van der Waals surface area contributed by atoms with Crippen molar-refractivity contribution in [3.05, 3.63) is 189 Å². The molecule has 2 heterocycles. The van der Waals surface area contributed by atoms with E-state index < -0.39 is 0 Å². The van der Waals surface area contributed by atoms with Gasteiger partial charge in [0, 0.05) is 44.8 Å². The van der Waals surface area contributed by atoms with E-state index in [4.69, 9.17) is 9.47 Å². The Bertz CT molecular complexity index is 4490. The van der Waals surface area contributed by atoms with Crippen molar-refractivity contribution in [3.63, 3.8) is 0 Å². The summed E-state index contributed by atoms with van der Waals surface area (Å²) in [4.78, 5) is 0. The summed E-state index contributed by atoms with van der Waals surface area (Å²) in [6.45, 7) is 55.8. The van der Waals surface area contributed by atoms with Crippen molar-refractivity contribution in [1.29, 1.82) is 10.5 Å². The van der Waals surface area contributed by atoms with Gasteiger partial charge in [-0.25, -0.2) is 0 Å². The highest BCUT2D eigenvalue weighted by Gasteiger charge is 2.33. The minimum atomic E-state index is -0.247. The van der Waals surface area contributed by atoms with Crippen LogP contribution in [0.2, 0.25) is 0 Å². The fourth-order valence-corrected chi connectivity index (χ4v) is 14.8. The SMILES string of the molecule is Cc1cc(C#N)cc(-c2cc(C(C)(C)CC(C)(C)C)cc(-n3c4ccc(C(C)(C)C)cc4c4cc(C(C)(C)C)ccc43)c2OCCCOc2c(C)cc(C#N)cc2-c2cc(-n3c4ccc(C(C)(C)C)cc4c4cc(C(C)(C)C)ccc43)cc(C(C)(C)CC(C)(C)C)c2)c1. The van der Waals surface area contributed by atoms with E-state index in [0.29, 0.717) is 30.8 Å². The molecule has 0 atom stereocenters. The summed E-state index contributed by atoms with van der Waals surface area (Å²) in [5.41, 5.74) is 20.4. The molecule has 10 aromatic rings. The summed E-state index contributed by atoms with van der Waals surface area (Å²) >= 11 is 0. The van der Waals surface area contributed by atoms with Crippen molar-refractivity contribution < 1.29 is 9.47 Å². The number of hydrogen-bond donors (Lipinski definition) is 0. The Hall–Kier alpha value is -8.06. The monoisotopic (exact) mass is 1240 g/mol. The van der Waals surface area contributed by atoms with Gasteiger partial charge in [0.15, 0.2) is 5.75 Å². The first kappa shape index (κ1) is 67.8. The van der Waals surface area contributed by atoms with Crippen molar-refractivity contribution in [2.45, 2.75) is 218 Å². The molecule has 0 N–H and O–H groups in total. The molecule has 8 aromatic carbocycles. The molecule has 0 unspecified atom stereocenters. The summed E-state index contributed by atoms with van der Waals surface area (Å²) in [7, 11) is 0. The molecule has 0 aliphatic rings. The van der Waals surface area contributed by atoms with Crippen LogP contribution in [0.3, 0.4) is 0 Å². The molecule has 93 heavy (non-hydrogen) atoms. The number of hydrogen-bond acceptors (Lipinski definition) is 4.